The number of alkyl halides is 3. The number of hydrogen-bond acceptors (Lipinski definition) is 3. The normalized spacial score (nSPS) is 18.1. The molecule has 0 radical (unpaired) electrons. The van der Waals surface area contributed by atoms with Gasteiger partial charge < -0.3 is 5.32 Å². The summed E-state index contributed by atoms with van der Waals surface area (Å²) in [5, 5.41) is 3.20. The summed E-state index contributed by atoms with van der Waals surface area (Å²) in [7, 11) is 0. The fourth-order valence-corrected chi connectivity index (χ4v) is 1.76. The van der Waals surface area contributed by atoms with Crippen LogP contribution < -0.4 is 10.8 Å². The topological polar surface area (TPSA) is 50.4 Å². The number of halogens is 3. The van der Waals surface area contributed by atoms with Gasteiger partial charge in [0, 0.05) is 6.42 Å². The Bertz CT molecular complexity index is 240. The van der Waals surface area contributed by atoms with E-state index in [0.717, 1.165) is 25.9 Å². The SMILES string of the molecule is O=C(CCC1CCNCC1)NOCC(F)(F)F. The molecule has 7 heteroatoms. The summed E-state index contributed by atoms with van der Waals surface area (Å²) >= 11 is 0. The van der Waals surface area contributed by atoms with Crippen LogP contribution in [0.3, 0.4) is 0 Å². The van der Waals surface area contributed by atoms with Crippen LogP contribution >= 0.6 is 0 Å². The second-order valence-electron chi connectivity index (χ2n) is 4.16. The highest BCUT2D eigenvalue weighted by molar-refractivity contribution is 5.74. The van der Waals surface area contributed by atoms with Crippen LogP contribution in [-0.2, 0) is 9.63 Å². The van der Waals surface area contributed by atoms with E-state index in [1.54, 1.807) is 5.48 Å². The minimum atomic E-state index is -4.41. The van der Waals surface area contributed by atoms with Crippen LogP contribution in [-0.4, -0.2) is 31.8 Å². The molecule has 0 unspecified atom stereocenters. The fourth-order valence-electron chi connectivity index (χ4n) is 1.76. The molecule has 0 saturated carbocycles. The summed E-state index contributed by atoms with van der Waals surface area (Å²) in [4.78, 5) is 15.2. The molecule has 100 valence electrons. The molecule has 17 heavy (non-hydrogen) atoms. The molecule has 0 bridgehead atoms. The molecule has 1 heterocycles. The van der Waals surface area contributed by atoms with E-state index in [0.29, 0.717) is 12.3 Å². The van der Waals surface area contributed by atoms with Gasteiger partial charge in [0.15, 0.2) is 6.61 Å². The van der Waals surface area contributed by atoms with Gasteiger partial charge in [-0.15, -0.1) is 0 Å². The molecule has 1 amide bonds. The van der Waals surface area contributed by atoms with Crippen molar-refractivity contribution >= 4 is 5.91 Å². The Labute approximate surface area is 97.8 Å². The van der Waals surface area contributed by atoms with Crippen LogP contribution in [0.2, 0.25) is 0 Å². The third-order valence-corrected chi connectivity index (χ3v) is 2.66. The smallest absolute Gasteiger partial charge is 0.317 e. The van der Waals surface area contributed by atoms with Crippen molar-refractivity contribution in [1.29, 1.82) is 0 Å². The van der Waals surface area contributed by atoms with E-state index in [-0.39, 0.29) is 6.42 Å². The van der Waals surface area contributed by atoms with Gasteiger partial charge >= 0.3 is 6.18 Å². The number of amides is 1. The summed E-state index contributed by atoms with van der Waals surface area (Å²) in [6.45, 7) is 0.430. The van der Waals surface area contributed by atoms with Crippen LogP contribution in [0.1, 0.15) is 25.7 Å². The molecule has 1 fully saturated rings. The first-order chi connectivity index (χ1) is 7.97. The maximum Gasteiger partial charge on any atom is 0.414 e. The van der Waals surface area contributed by atoms with E-state index >= 15 is 0 Å². The number of piperidine rings is 1. The van der Waals surface area contributed by atoms with E-state index < -0.39 is 18.7 Å². The second kappa shape index (κ2) is 6.80. The monoisotopic (exact) mass is 254 g/mol. The van der Waals surface area contributed by atoms with Gasteiger partial charge in [-0.25, -0.2) is 5.48 Å². The van der Waals surface area contributed by atoms with Crippen molar-refractivity contribution in [3.05, 3.63) is 0 Å². The van der Waals surface area contributed by atoms with E-state index in [2.05, 4.69) is 10.2 Å². The van der Waals surface area contributed by atoms with Gasteiger partial charge in [-0.05, 0) is 38.3 Å². The molecule has 0 atom stereocenters. The molecule has 2 N–H and O–H groups in total. The van der Waals surface area contributed by atoms with Crippen molar-refractivity contribution in [2.75, 3.05) is 19.7 Å². The summed E-state index contributed by atoms with van der Waals surface area (Å²) in [6.07, 6.45) is -1.49. The Balaban J connectivity index is 2.04. The van der Waals surface area contributed by atoms with Crippen LogP contribution in [0.5, 0.6) is 0 Å². The lowest BCUT2D eigenvalue weighted by molar-refractivity contribution is -0.191. The van der Waals surface area contributed by atoms with Crippen molar-refractivity contribution in [1.82, 2.24) is 10.8 Å². The summed E-state index contributed by atoms with van der Waals surface area (Å²) in [5.74, 6) is -0.0163. The molecule has 4 nitrogen and oxygen atoms in total. The lowest BCUT2D eigenvalue weighted by Gasteiger charge is -2.22. The summed E-state index contributed by atoms with van der Waals surface area (Å²) in [6, 6.07) is 0. The van der Waals surface area contributed by atoms with Crippen LogP contribution in [0.15, 0.2) is 0 Å². The fraction of sp³-hybridized carbons (Fsp3) is 0.900. The van der Waals surface area contributed by atoms with E-state index in [4.69, 9.17) is 0 Å². The molecule has 0 aromatic heterocycles. The number of nitrogens with one attached hydrogen (secondary N) is 2. The highest BCUT2D eigenvalue weighted by atomic mass is 19.4. The molecular weight excluding hydrogens is 237 g/mol. The Kier molecular flexibility index (Phi) is 5.70. The highest BCUT2D eigenvalue weighted by Gasteiger charge is 2.28. The quantitative estimate of drug-likeness (QED) is 0.729. The number of carbonyl (C=O) groups excluding carboxylic acids is 1. The first-order valence-electron chi connectivity index (χ1n) is 5.65. The molecule has 1 rings (SSSR count). The first kappa shape index (κ1) is 14.2. The zero-order valence-electron chi connectivity index (χ0n) is 9.48. The maximum absolute atomic E-state index is 11.7. The van der Waals surface area contributed by atoms with Gasteiger partial charge in [0.2, 0.25) is 5.91 Å². The summed E-state index contributed by atoms with van der Waals surface area (Å²) in [5.41, 5.74) is 1.80. The molecule has 1 saturated heterocycles. The van der Waals surface area contributed by atoms with E-state index in [1.165, 1.54) is 0 Å². The minimum Gasteiger partial charge on any atom is -0.317 e. The lowest BCUT2D eigenvalue weighted by Crippen LogP contribution is -2.31. The Hall–Kier alpha value is -0.820. The molecule has 1 aliphatic rings. The van der Waals surface area contributed by atoms with Crippen molar-refractivity contribution < 1.29 is 22.8 Å². The maximum atomic E-state index is 11.7. The highest BCUT2D eigenvalue weighted by Crippen LogP contribution is 2.17. The van der Waals surface area contributed by atoms with Gasteiger partial charge in [0.05, 0.1) is 0 Å². The Morgan fingerprint density at radius 2 is 2.00 bits per heavy atom. The first-order valence-corrected chi connectivity index (χ1v) is 5.65. The second-order valence-corrected chi connectivity index (χ2v) is 4.16. The van der Waals surface area contributed by atoms with Gasteiger partial charge in [-0.1, -0.05) is 0 Å². The zero-order valence-corrected chi connectivity index (χ0v) is 9.48. The van der Waals surface area contributed by atoms with Crippen LogP contribution in [0.4, 0.5) is 13.2 Å². The predicted octanol–water partition coefficient (Wildman–Crippen LogP) is 1.38. The van der Waals surface area contributed by atoms with Crippen molar-refractivity contribution in [2.24, 2.45) is 5.92 Å². The van der Waals surface area contributed by atoms with Gasteiger partial charge in [0.25, 0.3) is 0 Å². The molecule has 0 spiro atoms. The number of hydrogen-bond donors (Lipinski definition) is 2. The Morgan fingerprint density at radius 3 is 2.59 bits per heavy atom. The van der Waals surface area contributed by atoms with Crippen LogP contribution in [0.25, 0.3) is 0 Å². The molecular formula is C10H17F3N2O2. The molecule has 0 aromatic carbocycles. The standard InChI is InChI=1S/C10H17F3N2O2/c11-10(12,13)7-17-15-9(16)2-1-8-3-5-14-6-4-8/h8,14H,1-7H2,(H,15,16). The summed E-state index contributed by atoms with van der Waals surface area (Å²) < 4.78 is 35.1. The van der Waals surface area contributed by atoms with Gasteiger partial charge in [-0.2, -0.15) is 13.2 Å². The molecule has 1 aliphatic heterocycles. The van der Waals surface area contributed by atoms with E-state index in [1.807, 2.05) is 0 Å². The third-order valence-electron chi connectivity index (χ3n) is 2.66. The average molecular weight is 254 g/mol. The minimum absolute atomic E-state index is 0.211. The van der Waals surface area contributed by atoms with Crippen LogP contribution in [0, 0.1) is 5.92 Å². The molecule has 0 aliphatic carbocycles. The largest absolute Gasteiger partial charge is 0.414 e. The molecule has 0 aromatic rings. The van der Waals surface area contributed by atoms with Crippen molar-refractivity contribution in [3.63, 3.8) is 0 Å². The van der Waals surface area contributed by atoms with Crippen molar-refractivity contribution in [2.45, 2.75) is 31.9 Å². The number of hydroxylamine groups is 1. The predicted molar refractivity (Wildman–Crippen MR) is 55.0 cm³/mol. The third kappa shape index (κ3) is 7.17. The number of rotatable bonds is 5. The number of carbonyl (C=O) groups is 1. The van der Waals surface area contributed by atoms with Gasteiger partial charge in [0.1, 0.15) is 0 Å². The van der Waals surface area contributed by atoms with E-state index in [9.17, 15) is 18.0 Å². The Morgan fingerprint density at radius 1 is 1.35 bits per heavy atom. The average Bonchev–Trinajstić information content (AvgIpc) is 2.26. The lowest BCUT2D eigenvalue weighted by atomic mass is 9.93. The zero-order chi connectivity index (χ0) is 12.7. The van der Waals surface area contributed by atoms with Gasteiger partial charge in [-0.3, -0.25) is 9.63 Å². The van der Waals surface area contributed by atoms with Crippen molar-refractivity contribution in [3.8, 4) is 0 Å².